The summed E-state index contributed by atoms with van der Waals surface area (Å²) in [5.74, 6) is -0.586. The van der Waals surface area contributed by atoms with Gasteiger partial charge in [-0.25, -0.2) is 9.78 Å². The van der Waals surface area contributed by atoms with Crippen LogP contribution in [0.2, 0.25) is 10.0 Å². The molecule has 0 aliphatic heterocycles. The van der Waals surface area contributed by atoms with Gasteiger partial charge in [0.15, 0.2) is 6.61 Å². The van der Waals surface area contributed by atoms with Gasteiger partial charge >= 0.3 is 5.97 Å². The number of carbonyl (C=O) groups excluding carboxylic acids is 2. The van der Waals surface area contributed by atoms with E-state index in [0.29, 0.717) is 28.0 Å². The van der Waals surface area contributed by atoms with Crippen LogP contribution in [-0.4, -0.2) is 23.5 Å². The first-order chi connectivity index (χ1) is 13.9. The van der Waals surface area contributed by atoms with Gasteiger partial charge in [0.25, 0.3) is 5.91 Å². The number of aromatic nitrogens is 1. The number of esters is 1. The van der Waals surface area contributed by atoms with Crippen LogP contribution in [0.5, 0.6) is 5.75 Å². The summed E-state index contributed by atoms with van der Waals surface area (Å²) in [5.41, 5.74) is 1.42. The number of thiazole rings is 1. The highest BCUT2D eigenvalue weighted by molar-refractivity contribution is 7.09. The zero-order valence-electron chi connectivity index (χ0n) is 15.3. The lowest BCUT2D eigenvalue weighted by Crippen LogP contribution is -2.21. The van der Waals surface area contributed by atoms with Crippen molar-refractivity contribution < 1.29 is 19.1 Å². The van der Waals surface area contributed by atoms with Gasteiger partial charge in [-0.05, 0) is 43.3 Å². The highest BCUT2D eigenvalue weighted by atomic mass is 35.5. The van der Waals surface area contributed by atoms with E-state index in [2.05, 4.69) is 10.3 Å². The van der Waals surface area contributed by atoms with Crippen LogP contribution < -0.4 is 10.1 Å². The summed E-state index contributed by atoms with van der Waals surface area (Å²) in [4.78, 5) is 28.4. The Balaban J connectivity index is 1.49. The highest BCUT2D eigenvalue weighted by Crippen LogP contribution is 2.29. The van der Waals surface area contributed by atoms with E-state index in [9.17, 15) is 9.59 Å². The normalized spacial score (nSPS) is 10.4. The number of nitrogens with zero attached hydrogens (tertiary/aromatic N) is 1. The molecule has 3 aromatic rings. The van der Waals surface area contributed by atoms with Crippen LogP contribution in [0.25, 0.3) is 0 Å². The number of nitrogens with one attached hydrogen (secondary N) is 1. The Morgan fingerprint density at radius 2 is 1.79 bits per heavy atom. The van der Waals surface area contributed by atoms with Gasteiger partial charge in [0.05, 0.1) is 32.0 Å². The molecule has 1 N–H and O–H groups in total. The summed E-state index contributed by atoms with van der Waals surface area (Å²) in [7, 11) is 0. The zero-order chi connectivity index (χ0) is 20.8. The van der Waals surface area contributed by atoms with E-state index >= 15 is 0 Å². The van der Waals surface area contributed by atoms with Crippen molar-refractivity contribution >= 4 is 52.1 Å². The molecule has 0 atom stereocenters. The van der Waals surface area contributed by atoms with Crippen molar-refractivity contribution in [1.29, 1.82) is 0 Å². The maximum atomic E-state index is 12.1. The molecular formula is C20H16Cl2N2O4S. The largest absolute Gasteiger partial charge is 0.487 e. The van der Waals surface area contributed by atoms with E-state index in [-0.39, 0.29) is 5.69 Å². The fourth-order valence-electron chi connectivity index (χ4n) is 2.33. The van der Waals surface area contributed by atoms with Gasteiger partial charge in [-0.1, -0.05) is 29.3 Å². The number of benzene rings is 2. The van der Waals surface area contributed by atoms with Crippen LogP contribution in [0, 0.1) is 6.92 Å². The van der Waals surface area contributed by atoms with Gasteiger partial charge in [-0.3, -0.25) is 4.79 Å². The average molecular weight is 451 g/mol. The fourth-order valence-corrected chi connectivity index (χ4v) is 3.42. The van der Waals surface area contributed by atoms with Crippen molar-refractivity contribution in [2.75, 3.05) is 11.9 Å². The number of para-hydroxylation sites is 1. The Kier molecular flexibility index (Phi) is 7.09. The van der Waals surface area contributed by atoms with E-state index in [1.54, 1.807) is 53.8 Å². The topological polar surface area (TPSA) is 77.5 Å². The molecule has 1 heterocycles. The van der Waals surface area contributed by atoms with Gasteiger partial charge in [0.2, 0.25) is 0 Å². The predicted molar refractivity (Wildman–Crippen MR) is 113 cm³/mol. The molecule has 0 aliphatic rings. The molecule has 0 saturated heterocycles. The lowest BCUT2D eigenvalue weighted by Gasteiger charge is -2.10. The molecule has 0 aliphatic carbocycles. The smallest absolute Gasteiger partial charge is 0.338 e. The van der Waals surface area contributed by atoms with Crippen LogP contribution in [-0.2, 0) is 16.1 Å². The minimum absolute atomic E-state index is 0.272. The predicted octanol–water partition coefficient (Wildman–Crippen LogP) is 5.13. The van der Waals surface area contributed by atoms with Crippen molar-refractivity contribution in [3.63, 3.8) is 0 Å². The van der Waals surface area contributed by atoms with E-state index in [1.165, 1.54) is 0 Å². The number of carbonyl (C=O) groups is 2. The molecule has 0 unspecified atom stereocenters. The van der Waals surface area contributed by atoms with Gasteiger partial charge in [0.1, 0.15) is 12.4 Å². The van der Waals surface area contributed by atoms with E-state index < -0.39 is 18.5 Å². The molecule has 0 fully saturated rings. The standard InChI is InChI=1S/C20H16Cl2N2O4S/c1-12-23-14(11-29-12)9-27-15-7-5-13(6-8-15)20(26)28-10-18(25)24-19-16(21)3-2-4-17(19)22/h2-8,11H,9-10H2,1H3,(H,24,25). The maximum absolute atomic E-state index is 12.1. The number of hydrogen-bond acceptors (Lipinski definition) is 6. The fraction of sp³-hybridized carbons (Fsp3) is 0.150. The van der Waals surface area contributed by atoms with Crippen molar-refractivity contribution in [3.05, 3.63) is 74.2 Å². The van der Waals surface area contributed by atoms with Crippen LogP contribution in [0.1, 0.15) is 21.1 Å². The summed E-state index contributed by atoms with van der Waals surface area (Å²) < 4.78 is 10.7. The zero-order valence-corrected chi connectivity index (χ0v) is 17.6. The van der Waals surface area contributed by atoms with E-state index in [0.717, 1.165) is 10.7 Å². The molecule has 9 heteroatoms. The molecular weight excluding hydrogens is 435 g/mol. The molecule has 0 spiro atoms. The van der Waals surface area contributed by atoms with Gasteiger partial charge < -0.3 is 14.8 Å². The van der Waals surface area contributed by atoms with Crippen LogP contribution in [0.15, 0.2) is 47.8 Å². The van der Waals surface area contributed by atoms with Crippen LogP contribution in [0.3, 0.4) is 0 Å². The Hall–Kier alpha value is -2.61. The minimum atomic E-state index is -0.632. The second kappa shape index (κ2) is 9.73. The third-order valence-electron chi connectivity index (χ3n) is 3.70. The molecule has 0 saturated carbocycles. The lowest BCUT2D eigenvalue weighted by atomic mass is 10.2. The van der Waals surface area contributed by atoms with Gasteiger partial charge in [-0.15, -0.1) is 11.3 Å². The third-order valence-corrected chi connectivity index (χ3v) is 5.16. The van der Waals surface area contributed by atoms with Gasteiger partial charge in [-0.2, -0.15) is 0 Å². The Labute approximate surface area is 181 Å². The quantitative estimate of drug-likeness (QED) is 0.504. The minimum Gasteiger partial charge on any atom is -0.487 e. The van der Waals surface area contributed by atoms with Crippen LogP contribution in [0.4, 0.5) is 5.69 Å². The third kappa shape index (κ3) is 5.93. The molecule has 2 aromatic carbocycles. The SMILES string of the molecule is Cc1nc(COc2ccc(C(=O)OCC(=O)Nc3c(Cl)cccc3Cl)cc2)cs1. The summed E-state index contributed by atoms with van der Waals surface area (Å²) >= 11 is 13.5. The summed E-state index contributed by atoms with van der Waals surface area (Å²) in [6.07, 6.45) is 0. The molecule has 1 aromatic heterocycles. The van der Waals surface area contributed by atoms with Crippen molar-refractivity contribution in [3.8, 4) is 5.75 Å². The Morgan fingerprint density at radius 3 is 2.41 bits per heavy atom. The second-order valence-corrected chi connectivity index (χ2v) is 7.77. The first kappa shape index (κ1) is 21.1. The number of halogens is 2. The maximum Gasteiger partial charge on any atom is 0.338 e. The highest BCUT2D eigenvalue weighted by Gasteiger charge is 2.13. The molecule has 0 radical (unpaired) electrons. The number of hydrogen-bond donors (Lipinski definition) is 1. The Bertz CT molecular complexity index is 1000. The number of anilines is 1. The van der Waals surface area contributed by atoms with Crippen LogP contribution >= 0.6 is 34.5 Å². The van der Waals surface area contributed by atoms with E-state index in [4.69, 9.17) is 32.7 Å². The Morgan fingerprint density at radius 1 is 1.10 bits per heavy atom. The number of ether oxygens (including phenoxy) is 2. The molecule has 1 amide bonds. The monoisotopic (exact) mass is 450 g/mol. The molecule has 150 valence electrons. The first-order valence-corrected chi connectivity index (χ1v) is 10.1. The molecule has 6 nitrogen and oxygen atoms in total. The van der Waals surface area contributed by atoms with E-state index in [1.807, 2.05) is 12.3 Å². The van der Waals surface area contributed by atoms with Gasteiger partial charge in [0, 0.05) is 5.38 Å². The second-order valence-electron chi connectivity index (χ2n) is 5.89. The number of aryl methyl sites for hydroxylation is 1. The molecule has 0 bridgehead atoms. The van der Waals surface area contributed by atoms with Crippen molar-refractivity contribution in [2.45, 2.75) is 13.5 Å². The average Bonchev–Trinajstić information content (AvgIpc) is 3.13. The molecule has 29 heavy (non-hydrogen) atoms. The van der Waals surface area contributed by atoms with Crippen molar-refractivity contribution in [2.24, 2.45) is 0 Å². The summed E-state index contributed by atoms with van der Waals surface area (Å²) in [6.45, 7) is 1.80. The lowest BCUT2D eigenvalue weighted by molar-refractivity contribution is -0.119. The first-order valence-electron chi connectivity index (χ1n) is 8.47. The number of amides is 1. The summed E-state index contributed by atoms with van der Waals surface area (Å²) in [6, 6.07) is 11.3. The number of rotatable bonds is 7. The molecule has 3 rings (SSSR count). The van der Waals surface area contributed by atoms with Crippen molar-refractivity contribution in [1.82, 2.24) is 4.98 Å². The summed E-state index contributed by atoms with van der Waals surface area (Å²) in [5, 5.41) is 6.01.